The third kappa shape index (κ3) is 4.94. The average Bonchev–Trinajstić information content (AvgIpc) is 3.36. The Morgan fingerprint density at radius 2 is 1.68 bits per heavy atom. The van der Waals surface area contributed by atoms with Crippen molar-refractivity contribution in [2.45, 2.75) is 25.9 Å². The number of aliphatic carboxylic acids is 1. The monoisotopic (exact) mass is 557 g/mol. The molecule has 0 heterocycles. The molecule has 0 aliphatic heterocycles. The van der Waals surface area contributed by atoms with Crippen LogP contribution in [-0.2, 0) is 4.79 Å². The highest BCUT2D eigenvalue weighted by Crippen LogP contribution is 2.75. The molecule has 0 amide bonds. The number of para-hydroxylation sites is 1. The fraction of sp³-hybridized carbons (Fsp3) is 0.241. The molecule has 3 aromatic carbocycles. The van der Waals surface area contributed by atoms with Gasteiger partial charge in [-0.05, 0) is 59.5 Å². The Morgan fingerprint density at radius 1 is 1.05 bits per heavy atom. The van der Waals surface area contributed by atoms with Crippen molar-refractivity contribution in [2.75, 3.05) is 0 Å². The van der Waals surface area contributed by atoms with Crippen LogP contribution in [0.5, 0.6) is 17.2 Å². The molecule has 5 nitrogen and oxygen atoms in total. The van der Waals surface area contributed by atoms with Gasteiger partial charge in [0.1, 0.15) is 27.7 Å². The van der Waals surface area contributed by atoms with E-state index in [2.05, 4.69) is 6.07 Å². The molecule has 3 unspecified atom stereocenters. The summed E-state index contributed by atoms with van der Waals surface area (Å²) in [5.74, 6) is -2.69. The van der Waals surface area contributed by atoms with Crippen LogP contribution >= 0.6 is 23.2 Å². The molecule has 3 atom stereocenters. The zero-order chi connectivity index (χ0) is 27.7. The van der Waals surface area contributed by atoms with E-state index in [1.165, 1.54) is 24.3 Å². The van der Waals surface area contributed by atoms with E-state index >= 15 is 0 Å². The Morgan fingerprint density at radius 3 is 2.29 bits per heavy atom. The van der Waals surface area contributed by atoms with E-state index in [4.69, 9.17) is 32.7 Å². The number of halogens is 4. The van der Waals surface area contributed by atoms with Crippen molar-refractivity contribution in [3.05, 3.63) is 101 Å². The van der Waals surface area contributed by atoms with Gasteiger partial charge in [-0.15, -0.1) is 0 Å². The first-order valence-electron chi connectivity index (χ1n) is 11.6. The molecule has 4 rings (SSSR count). The third-order valence-electron chi connectivity index (χ3n) is 7.01. The van der Waals surface area contributed by atoms with Crippen molar-refractivity contribution in [3.8, 4) is 23.3 Å². The summed E-state index contributed by atoms with van der Waals surface area (Å²) in [7, 11) is 0. The second kappa shape index (κ2) is 10.3. The van der Waals surface area contributed by atoms with E-state index in [1.54, 1.807) is 62.4 Å². The van der Waals surface area contributed by atoms with Crippen molar-refractivity contribution < 1.29 is 28.2 Å². The number of ether oxygens (including phenoxy) is 2. The number of benzene rings is 3. The van der Waals surface area contributed by atoms with Crippen molar-refractivity contribution in [1.82, 2.24) is 0 Å². The smallest absolute Gasteiger partial charge is 0.437 e. The number of carboxylic acids is 1. The number of carboxylic acid groups (broad SMARTS) is 1. The fourth-order valence-electron chi connectivity index (χ4n) is 5.03. The van der Waals surface area contributed by atoms with Gasteiger partial charge in [-0.3, -0.25) is 4.79 Å². The fourth-order valence-corrected chi connectivity index (χ4v) is 5.32. The number of nitriles is 1. The van der Waals surface area contributed by atoms with Gasteiger partial charge in [0.15, 0.2) is 0 Å². The molecular formula is C29H23Cl2F2NO4. The van der Waals surface area contributed by atoms with E-state index in [9.17, 15) is 23.9 Å². The maximum Gasteiger partial charge on any atom is 0.437 e. The van der Waals surface area contributed by atoms with E-state index < -0.39 is 39.8 Å². The van der Waals surface area contributed by atoms with E-state index in [0.717, 1.165) is 6.08 Å². The molecule has 0 radical (unpaired) electrons. The van der Waals surface area contributed by atoms with Crippen molar-refractivity contribution in [2.24, 2.45) is 16.7 Å². The standard InChI is InChI=1S/C29H23Cl2F2NO4/c1-27(2)24(16-25(31)29(32,33)38-21-13-11-19(30)12-14-21)28(27,26(35)36)23(17-34)18-7-6-10-22(15-18)37-20-8-4-3-5-9-20/h3-16,23-24H,1-2H3,(H,35,36). The topological polar surface area (TPSA) is 79.5 Å². The largest absolute Gasteiger partial charge is 0.481 e. The third-order valence-corrected chi connectivity index (χ3v) is 7.61. The lowest BCUT2D eigenvalue weighted by atomic mass is 9.78. The molecule has 1 aliphatic rings. The van der Waals surface area contributed by atoms with Crippen LogP contribution in [0.1, 0.15) is 25.3 Å². The summed E-state index contributed by atoms with van der Waals surface area (Å²) in [6.45, 7) is 3.22. The van der Waals surface area contributed by atoms with Crippen molar-refractivity contribution >= 4 is 29.2 Å². The molecule has 0 saturated heterocycles. The first-order chi connectivity index (χ1) is 17.9. The molecule has 1 aliphatic carbocycles. The normalized spacial score (nSPS) is 21.2. The summed E-state index contributed by atoms with van der Waals surface area (Å²) < 4.78 is 40.4. The Kier molecular flexibility index (Phi) is 7.42. The van der Waals surface area contributed by atoms with Crippen LogP contribution in [0.4, 0.5) is 8.78 Å². The quantitative estimate of drug-likeness (QED) is 0.286. The summed E-state index contributed by atoms with van der Waals surface area (Å²) in [5, 5.41) is 19.9. The average molecular weight is 558 g/mol. The number of hydrogen-bond donors (Lipinski definition) is 1. The zero-order valence-corrected chi connectivity index (χ0v) is 21.9. The van der Waals surface area contributed by atoms with Gasteiger partial charge in [0.05, 0.1) is 12.0 Å². The maximum atomic E-state index is 14.9. The first-order valence-corrected chi connectivity index (χ1v) is 12.3. The molecule has 0 spiro atoms. The van der Waals surface area contributed by atoms with Gasteiger partial charge < -0.3 is 14.6 Å². The lowest BCUT2D eigenvalue weighted by Crippen LogP contribution is -2.29. The first kappa shape index (κ1) is 27.4. The second-order valence-electron chi connectivity index (χ2n) is 9.51. The molecule has 0 aromatic heterocycles. The highest BCUT2D eigenvalue weighted by molar-refractivity contribution is 6.30. The summed E-state index contributed by atoms with van der Waals surface area (Å²) in [4.78, 5) is 12.7. The number of rotatable bonds is 9. The molecule has 1 saturated carbocycles. The number of nitrogens with zero attached hydrogens (tertiary/aromatic N) is 1. The van der Waals surface area contributed by atoms with Gasteiger partial charge >= 0.3 is 12.1 Å². The van der Waals surface area contributed by atoms with Gasteiger partial charge in [0, 0.05) is 10.9 Å². The van der Waals surface area contributed by atoms with Crippen LogP contribution in [0.2, 0.25) is 5.02 Å². The second-order valence-corrected chi connectivity index (χ2v) is 10.4. The predicted molar refractivity (Wildman–Crippen MR) is 140 cm³/mol. The molecule has 1 fully saturated rings. The Bertz CT molecular complexity index is 1400. The van der Waals surface area contributed by atoms with E-state index in [1.807, 2.05) is 6.07 Å². The SMILES string of the molecule is CC1(C)C(C=C(Cl)C(F)(F)Oc2ccc(Cl)cc2)C1(C(=O)O)C(C#N)c1cccc(Oc2ccccc2)c1. The Balaban J connectivity index is 1.66. The highest BCUT2D eigenvalue weighted by atomic mass is 35.5. The minimum atomic E-state index is -3.94. The van der Waals surface area contributed by atoms with Gasteiger partial charge in [0.25, 0.3) is 0 Å². The van der Waals surface area contributed by atoms with Crippen LogP contribution in [0, 0.1) is 28.1 Å². The van der Waals surface area contributed by atoms with E-state index in [-0.39, 0.29) is 5.75 Å². The lowest BCUT2D eigenvalue weighted by Gasteiger charge is -2.22. The molecule has 9 heteroatoms. The van der Waals surface area contributed by atoms with Gasteiger partial charge in [0.2, 0.25) is 0 Å². The number of alkyl halides is 2. The van der Waals surface area contributed by atoms with Crippen LogP contribution in [0.3, 0.4) is 0 Å². The summed E-state index contributed by atoms with van der Waals surface area (Å²) in [5.41, 5.74) is -2.44. The van der Waals surface area contributed by atoms with E-state index in [0.29, 0.717) is 22.1 Å². The highest BCUT2D eigenvalue weighted by Gasteiger charge is 2.78. The maximum absolute atomic E-state index is 14.9. The Hall–Kier alpha value is -3.60. The molecule has 0 bridgehead atoms. The predicted octanol–water partition coefficient (Wildman–Crippen LogP) is 8.26. The molecule has 3 aromatic rings. The minimum absolute atomic E-state index is 0.171. The molecular weight excluding hydrogens is 535 g/mol. The number of hydrogen-bond acceptors (Lipinski definition) is 4. The summed E-state index contributed by atoms with van der Waals surface area (Å²) in [6.07, 6.45) is -2.95. The zero-order valence-electron chi connectivity index (χ0n) is 20.4. The summed E-state index contributed by atoms with van der Waals surface area (Å²) in [6, 6.07) is 22.9. The van der Waals surface area contributed by atoms with Gasteiger partial charge in [-0.25, -0.2) is 0 Å². The van der Waals surface area contributed by atoms with Crippen LogP contribution in [0.25, 0.3) is 0 Å². The number of allylic oxidation sites excluding steroid dienone is 1. The number of carbonyl (C=O) groups is 1. The van der Waals surface area contributed by atoms with Crippen LogP contribution in [-0.4, -0.2) is 17.2 Å². The molecule has 38 heavy (non-hydrogen) atoms. The van der Waals surface area contributed by atoms with Crippen LogP contribution < -0.4 is 9.47 Å². The minimum Gasteiger partial charge on any atom is -0.481 e. The molecule has 1 N–H and O–H groups in total. The van der Waals surface area contributed by atoms with Gasteiger partial charge in [-0.2, -0.15) is 14.0 Å². The van der Waals surface area contributed by atoms with Crippen molar-refractivity contribution in [1.29, 1.82) is 5.26 Å². The summed E-state index contributed by atoms with van der Waals surface area (Å²) >= 11 is 11.8. The molecule has 196 valence electrons. The van der Waals surface area contributed by atoms with Crippen LogP contribution in [0.15, 0.2) is 90.0 Å². The van der Waals surface area contributed by atoms with Crippen molar-refractivity contribution in [3.63, 3.8) is 0 Å². The van der Waals surface area contributed by atoms with Gasteiger partial charge in [-0.1, -0.05) is 73.5 Å². The lowest BCUT2D eigenvalue weighted by molar-refractivity contribution is -0.146. The Labute approximate surface area is 228 Å².